The van der Waals surface area contributed by atoms with Crippen molar-refractivity contribution < 1.29 is 67.2 Å². The Hall–Kier alpha value is -7.07. The molecule has 2 aliphatic heterocycles. The minimum absolute atomic E-state index is 0.0390. The molecule has 428 valence electrons. The van der Waals surface area contributed by atoms with Crippen LogP contribution in [0, 0.1) is 36.4 Å². The van der Waals surface area contributed by atoms with Crippen molar-refractivity contribution in [1.29, 1.82) is 0 Å². The van der Waals surface area contributed by atoms with Gasteiger partial charge in [0.25, 0.3) is 11.8 Å². The van der Waals surface area contributed by atoms with E-state index < -0.39 is 65.3 Å². The lowest BCUT2D eigenvalue weighted by molar-refractivity contribution is -0.189. The summed E-state index contributed by atoms with van der Waals surface area (Å²) in [6.45, 7) is 4.44. The van der Waals surface area contributed by atoms with Gasteiger partial charge in [-0.3, -0.25) is 48.6 Å². The minimum Gasteiger partial charge on any atom is -0.463 e. The zero-order valence-electron chi connectivity index (χ0n) is 45.5. The predicted octanol–water partition coefficient (Wildman–Crippen LogP) is 2.99. The summed E-state index contributed by atoms with van der Waals surface area (Å²) in [6, 6.07) is 8.97. The molecule has 80 heavy (non-hydrogen) atoms. The molecular weight excluding hydrogens is 1030 g/mol. The van der Waals surface area contributed by atoms with Gasteiger partial charge in [-0.05, 0) is 110 Å². The lowest BCUT2D eigenvalue weighted by Crippen LogP contribution is -2.57. The van der Waals surface area contributed by atoms with Crippen molar-refractivity contribution in [1.82, 2.24) is 36.5 Å². The number of rotatable bonds is 26. The van der Waals surface area contributed by atoms with Crippen LogP contribution in [0.1, 0.15) is 118 Å². The van der Waals surface area contributed by atoms with Crippen molar-refractivity contribution in [2.24, 2.45) is 23.7 Å². The number of esters is 1. The molecule has 21 heteroatoms. The van der Waals surface area contributed by atoms with Crippen LogP contribution in [0.25, 0.3) is 16.5 Å². The lowest BCUT2D eigenvalue weighted by Gasteiger charge is -2.45. The molecule has 20 nitrogen and oxygen atoms in total. The van der Waals surface area contributed by atoms with Crippen LogP contribution in [0.3, 0.4) is 0 Å². The van der Waals surface area contributed by atoms with Gasteiger partial charge in [0, 0.05) is 61.4 Å². The summed E-state index contributed by atoms with van der Waals surface area (Å²) in [4.78, 5) is 121. The SMILES string of the molecule is CC[C@@]1(O)C(=O)OCC2C(=O)C(C)C3C/C(=C\C21)c1nc2cc(F)c(C)c4c2c(c1C3)[C@@H](NC(=O)COCCCCC(=O)CNC(=O)C(Cc1ccccc1)NC(O)CNC(=O)CNC(=O)CCCCCN1C(=O)C=CC1=O)CC4. The number of cyclic esters (lactones) is 1. The third kappa shape index (κ3) is 13.7. The van der Waals surface area contributed by atoms with Crippen LogP contribution in [0.2, 0.25) is 0 Å². The van der Waals surface area contributed by atoms with Gasteiger partial charge < -0.3 is 41.0 Å². The first-order valence-corrected chi connectivity index (χ1v) is 27.9. The number of halogens is 1. The number of Topliss-reactive ketones (excluding diaryl/α,β-unsaturated/α-hetero) is 2. The van der Waals surface area contributed by atoms with E-state index in [0.29, 0.717) is 74.6 Å². The highest BCUT2D eigenvalue weighted by atomic mass is 19.1. The summed E-state index contributed by atoms with van der Waals surface area (Å²) < 4.78 is 26.7. The second kappa shape index (κ2) is 26.5. The third-order valence-electron chi connectivity index (χ3n) is 16.3. The molecule has 1 fully saturated rings. The highest BCUT2D eigenvalue weighted by Crippen LogP contribution is 2.50. The Morgan fingerprint density at radius 1 is 0.912 bits per heavy atom. The fourth-order valence-corrected chi connectivity index (χ4v) is 11.8. The number of hydrogen-bond donors (Lipinski definition) is 7. The Morgan fingerprint density at radius 2 is 1.66 bits per heavy atom. The molecule has 0 spiro atoms. The Labute approximate surface area is 463 Å². The van der Waals surface area contributed by atoms with Crippen molar-refractivity contribution in [2.45, 2.75) is 128 Å². The number of carbonyl (C=O) groups is 9. The molecule has 1 aromatic heterocycles. The number of aromatic nitrogens is 1. The summed E-state index contributed by atoms with van der Waals surface area (Å²) in [7, 11) is 0. The number of aliphatic hydroxyl groups excluding tert-OH is 1. The van der Waals surface area contributed by atoms with Crippen molar-refractivity contribution in [3.05, 3.63) is 94.0 Å². The van der Waals surface area contributed by atoms with Crippen LogP contribution >= 0.6 is 0 Å². The van der Waals surface area contributed by atoms with Crippen LogP contribution in [-0.4, -0.2) is 137 Å². The van der Waals surface area contributed by atoms with E-state index in [0.717, 1.165) is 38.1 Å². The zero-order valence-corrected chi connectivity index (χ0v) is 45.5. The first-order chi connectivity index (χ1) is 38.4. The number of carbonyl (C=O) groups excluding carboxylic acids is 9. The first-order valence-electron chi connectivity index (χ1n) is 27.9. The van der Waals surface area contributed by atoms with Crippen LogP contribution in [0.5, 0.6) is 0 Å². The second-order valence-corrected chi connectivity index (χ2v) is 21.7. The number of benzene rings is 2. The number of pyridine rings is 1. The van der Waals surface area contributed by atoms with Crippen molar-refractivity contribution in [3.63, 3.8) is 0 Å². The number of nitrogens with zero attached hydrogens (tertiary/aromatic N) is 2. The number of nitrogens with one attached hydrogen (secondary N) is 5. The third-order valence-corrected chi connectivity index (χ3v) is 16.3. The quantitative estimate of drug-likeness (QED) is 0.0263. The minimum atomic E-state index is -1.91. The lowest BCUT2D eigenvalue weighted by atomic mass is 9.63. The van der Waals surface area contributed by atoms with Crippen molar-refractivity contribution in [3.8, 4) is 0 Å². The van der Waals surface area contributed by atoms with E-state index >= 15 is 4.39 Å². The fraction of sp³-hybridized carbons (Fsp3) is 0.525. The molecule has 0 radical (unpaired) electrons. The summed E-state index contributed by atoms with van der Waals surface area (Å²) in [5.74, 6) is -6.21. The summed E-state index contributed by atoms with van der Waals surface area (Å²) in [5.41, 5.74) is 3.68. The molecular formula is C59H72FN7O13. The molecule has 6 unspecified atom stereocenters. The van der Waals surface area contributed by atoms with E-state index in [1.807, 2.05) is 31.2 Å². The van der Waals surface area contributed by atoms with Gasteiger partial charge in [-0.1, -0.05) is 56.7 Å². The van der Waals surface area contributed by atoms with Crippen LogP contribution in [0.4, 0.5) is 4.39 Å². The topological polar surface area (TPSA) is 289 Å². The number of ketones is 2. The van der Waals surface area contributed by atoms with E-state index in [1.54, 1.807) is 26.0 Å². The first kappa shape index (κ1) is 59.1. The number of aliphatic hydroxyl groups is 2. The molecule has 8 atom stereocenters. The van der Waals surface area contributed by atoms with Gasteiger partial charge in [0.2, 0.25) is 23.6 Å². The number of aryl methyl sites for hydroxylation is 1. The fourth-order valence-electron chi connectivity index (χ4n) is 11.8. The van der Waals surface area contributed by atoms with E-state index in [1.165, 1.54) is 18.2 Å². The van der Waals surface area contributed by atoms with E-state index in [4.69, 9.17) is 14.5 Å². The maximum atomic E-state index is 15.5. The standard InChI is InChI=1S/C59H72FN7O13/c1-4-59(78)42-26-37-24-36(33(2)56(75)41(42)31-80-58(59)77)25-40-54-44(18-17-39-34(3)43(60)27-45(53(39)54)66-55(37)40)64-50(72)32-79-22-12-10-15-38(68)28-63-57(76)46(23-35-13-7-5-8-14-35)65-49(71)30-62-48(70)29-61-47(69)16-9-6-11-21-67-51(73)19-20-52(67)74/h5,7-8,13-14,19-20,26-27,33,36,41-42,44,46,49,65,71,78H,4,6,9-12,15-18,21-25,28-32H2,1-3H3,(H,61,69)(H,62,70)(H,63,76)(H,64,72)/b37-26+/t33?,36?,41?,42?,44-,46?,49?,59-/m0/s1. The monoisotopic (exact) mass is 1110 g/mol. The van der Waals surface area contributed by atoms with Crippen LogP contribution in [-0.2, 0) is 71.9 Å². The maximum absolute atomic E-state index is 15.5. The highest BCUT2D eigenvalue weighted by Gasteiger charge is 2.55. The van der Waals surface area contributed by atoms with Gasteiger partial charge in [0.15, 0.2) is 11.4 Å². The maximum Gasteiger partial charge on any atom is 0.338 e. The number of allylic oxidation sites excluding steroid dienone is 1. The molecule has 6 amide bonds. The van der Waals surface area contributed by atoms with Gasteiger partial charge in [-0.2, -0.15) is 0 Å². The normalized spacial score (nSPS) is 23.4. The molecule has 3 aromatic rings. The van der Waals surface area contributed by atoms with Gasteiger partial charge in [-0.25, -0.2) is 14.2 Å². The molecule has 8 rings (SSSR count). The number of fused-ring (bicyclic) bond motifs is 6. The number of amides is 6. The average molecular weight is 1110 g/mol. The molecule has 3 aliphatic carbocycles. The van der Waals surface area contributed by atoms with E-state index in [9.17, 15) is 53.4 Å². The Morgan fingerprint density at radius 3 is 2.41 bits per heavy atom. The van der Waals surface area contributed by atoms with Crippen LogP contribution < -0.4 is 26.6 Å². The van der Waals surface area contributed by atoms with Gasteiger partial charge >= 0.3 is 5.97 Å². The van der Waals surface area contributed by atoms with E-state index in [-0.39, 0.29) is 113 Å². The molecule has 1 saturated heterocycles. The summed E-state index contributed by atoms with van der Waals surface area (Å²) in [6.07, 6.45) is 7.74. The highest BCUT2D eigenvalue weighted by molar-refractivity contribution is 6.12. The van der Waals surface area contributed by atoms with E-state index in [2.05, 4.69) is 26.6 Å². The van der Waals surface area contributed by atoms with Gasteiger partial charge in [0.05, 0.1) is 48.8 Å². The predicted molar refractivity (Wildman–Crippen MR) is 289 cm³/mol. The largest absolute Gasteiger partial charge is 0.463 e. The van der Waals surface area contributed by atoms with Gasteiger partial charge in [0.1, 0.15) is 31.0 Å². The van der Waals surface area contributed by atoms with Crippen molar-refractivity contribution in [2.75, 3.05) is 46.0 Å². The molecule has 7 N–H and O–H groups in total. The Balaban J connectivity index is 0.788. The smallest absolute Gasteiger partial charge is 0.338 e. The van der Waals surface area contributed by atoms with Gasteiger partial charge in [-0.15, -0.1) is 0 Å². The molecule has 0 saturated carbocycles. The molecule has 3 heterocycles. The number of hydrogen-bond acceptors (Lipinski definition) is 15. The second-order valence-electron chi connectivity index (χ2n) is 21.7. The Kier molecular flexibility index (Phi) is 19.5. The summed E-state index contributed by atoms with van der Waals surface area (Å²) >= 11 is 0. The molecule has 5 aliphatic rings. The number of unbranched alkanes of at least 4 members (excludes halogenated alkanes) is 3. The van der Waals surface area contributed by atoms with Crippen LogP contribution in [0.15, 0.2) is 54.6 Å². The zero-order chi connectivity index (χ0) is 57.3. The number of ether oxygens (including phenoxy) is 2. The van der Waals surface area contributed by atoms with Crippen molar-refractivity contribution >= 4 is 69.5 Å². The molecule has 2 aromatic carbocycles. The average Bonchev–Trinajstić information content (AvgIpc) is 3.89. The molecule has 2 bridgehead atoms. The summed E-state index contributed by atoms with van der Waals surface area (Å²) in [5, 5.41) is 36.9. The Bertz CT molecular complexity index is 2950. The number of imide groups is 1.